The Bertz CT molecular complexity index is 231. The van der Waals surface area contributed by atoms with E-state index in [1.165, 1.54) is 7.11 Å². The van der Waals surface area contributed by atoms with E-state index in [1.54, 1.807) is 0 Å². The van der Waals surface area contributed by atoms with Crippen LogP contribution in [0.25, 0.3) is 0 Å². The summed E-state index contributed by atoms with van der Waals surface area (Å²) in [5, 5.41) is 2.85. The zero-order valence-electron chi connectivity index (χ0n) is 9.32. The van der Waals surface area contributed by atoms with Gasteiger partial charge in [0.2, 0.25) is 5.91 Å². The second kappa shape index (κ2) is 6.36. The maximum Gasteiger partial charge on any atom is 0.323 e. The van der Waals surface area contributed by atoms with Crippen molar-refractivity contribution in [2.75, 3.05) is 13.7 Å². The minimum Gasteiger partial charge on any atom is -0.468 e. The van der Waals surface area contributed by atoms with Crippen molar-refractivity contribution in [3.8, 4) is 0 Å². The predicted octanol–water partition coefficient (Wildman–Crippen LogP) is -1.41. The third-order valence-corrected chi connectivity index (χ3v) is 2.04. The molecule has 5 N–H and O–H groups in total. The van der Waals surface area contributed by atoms with Crippen LogP contribution in [-0.4, -0.2) is 37.6 Å². The molecule has 0 aliphatic heterocycles. The molecule has 0 aromatic carbocycles. The average molecular weight is 217 g/mol. The number of nitrogens with one attached hydrogen (secondary N) is 1. The van der Waals surface area contributed by atoms with Crippen molar-refractivity contribution in [1.29, 1.82) is 0 Å². The maximum atomic E-state index is 11.3. The van der Waals surface area contributed by atoms with Crippen molar-refractivity contribution in [2.45, 2.75) is 25.9 Å². The molecule has 88 valence electrons. The van der Waals surface area contributed by atoms with Crippen LogP contribution < -0.4 is 16.8 Å². The molecule has 0 radical (unpaired) electrons. The summed E-state index contributed by atoms with van der Waals surface area (Å²) in [6.07, 6.45) is 0. The molecule has 0 aromatic rings. The molecule has 0 heterocycles. The molecule has 0 saturated heterocycles. The van der Waals surface area contributed by atoms with Crippen LogP contribution in [0.3, 0.4) is 0 Å². The average Bonchev–Trinajstić information content (AvgIpc) is 2.16. The summed E-state index contributed by atoms with van der Waals surface area (Å²) < 4.78 is 4.61. The van der Waals surface area contributed by atoms with E-state index in [-0.39, 0.29) is 18.4 Å². The SMILES string of the molecule is COC(=O)C(NCC(N)C(N)=O)C(C)C. The molecule has 0 aliphatic carbocycles. The number of carbonyl (C=O) groups is 2. The quantitative estimate of drug-likeness (QED) is 0.474. The first-order valence-corrected chi connectivity index (χ1v) is 4.76. The summed E-state index contributed by atoms with van der Waals surface area (Å²) in [6.45, 7) is 3.89. The van der Waals surface area contributed by atoms with Gasteiger partial charge in [0.05, 0.1) is 13.2 Å². The van der Waals surface area contributed by atoms with E-state index in [9.17, 15) is 9.59 Å². The minimum absolute atomic E-state index is 0.0533. The van der Waals surface area contributed by atoms with Gasteiger partial charge in [-0.05, 0) is 5.92 Å². The molecule has 2 unspecified atom stereocenters. The Hall–Kier alpha value is -1.14. The Morgan fingerprint density at radius 3 is 2.27 bits per heavy atom. The van der Waals surface area contributed by atoms with Crippen molar-refractivity contribution in [2.24, 2.45) is 17.4 Å². The molecule has 1 amide bonds. The topological polar surface area (TPSA) is 107 Å². The largest absolute Gasteiger partial charge is 0.468 e. The standard InChI is InChI=1S/C9H19N3O3/c1-5(2)7(9(14)15-3)12-4-6(10)8(11)13/h5-7,12H,4,10H2,1-3H3,(H2,11,13). The third kappa shape index (κ3) is 4.75. The van der Waals surface area contributed by atoms with E-state index >= 15 is 0 Å². The monoisotopic (exact) mass is 217 g/mol. The van der Waals surface area contributed by atoms with Gasteiger partial charge in [0, 0.05) is 6.54 Å². The summed E-state index contributed by atoms with van der Waals surface area (Å²) in [5.74, 6) is -0.922. The van der Waals surface area contributed by atoms with Gasteiger partial charge in [0.15, 0.2) is 0 Å². The first-order valence-electron chi connectivity index (χ1n) is 4.76. The molecular formula is C9H19N3O3. The number of methoxy groups -OCH3 is 1. The summed E-state index contributed by atoms with van der Waals surface area (Å²) in [4.78, 5) is 22.0. The lowest BCUT2D eigenvalue weighted by atomic mass is 10.0. The lowest BCUT2D eigenvalue weighted by Crippen LogP contribution is -2.50. The number of nitrogens with two attached hydrogens (primary N) is 2. The molecule has 0 rings (SSSR count). The number of esters is 1. The number of carbonyl (C=O) groups excluding carboxylic acids is 2. The Balaban J connectivity index is 4.19. The molecule has 0 spiro atoms. The van der Waals surface area contributed by atoms with Gasteiger partial charge in [-0.15, -0.1) is 0 Å². The minimum atomic E-state index is -0.795. The van der Waals surface area contributed by atoms with Crippen molar-refractivity contribution in [3.63, 3.8) is 0 Å². The van der Waals surface area contributed by atoms with Crippen LogP contribution in [-0.2, 0) is 14.3 Å². The Morgan fingerprint density at radius 1 is 1.40 bits per heavy atom. The Kier molecular flexibility index (Phi) is 5.88. The molecular weight excluding hydrogens is 198 g/mol. The third-order valence-electron chi connectivity index (χ3n) is 2.04. The van der Waals surface area contributed by atoms with Crippen LogP contribution in [0.2, 0.25) is 0 Å². The Labute approximate surface area is 89.3 Å². The molecule has 0 bridgehead atoms. The van der Waals surface area contributed by atoms with Crippen molar-refractivity contribution < 1.29 is 14.3 Å². The van der Waals surface area contributed by atoms with Crippen molar-refractivity contribution in [1.82, 2.24) is 5.32 Å². The zero-order valence-corrected chi connectivity index (χ0v) is 9.32. The molecule has 0 aliphatic rings. The van der Waals surface area contributed by atoms with Gasteiger partial charge >= 0.3 is 5.97 Å². The van der Waals surface area contributed by atoms with E-state index < -0.39 is 18.0 Å². The van der Waals surface area contributed by atoms with Gasteiger partial charge in [0.25, 0.3) is 0 Å². The van der Waals surface area contributed by atoms with Crippen LogP contribution in [0, 0.1) is 5.92 Å². The molecule has 0 saturated carbocycles. The van der Waals surface area contributed by atoms with E-state index in [1.807, 2.05) is 13.8 Å². The highest BCUT2D eigenvalue weighted by atomic mass is 16.5. The lowest BCUT2D eigenvalue weighted by molar-refractivity contribution is -0.144. The highest BCUT2D eigenvalue weighted by Gasteiger charge is 2.23. The summed E-state index contributed by atoms with van der Waals surface area (Å²) >= 11 is 0. The Morgan fingerprint density at radius 2 is 1.93 bits per heavy atom. The fourth-order valence-electron chi connectivity index (χ4n) is 1.07. The highest BCUT2D eigenvalue weighted by Crippen LogP contribution is 2.03. The molecule has 2 atom stereocenters. The van der Waals surface area contributed by atoms with Crippen molar-refractivity contribution >= 4 is 11.9 Å². The number of hydrogen-bond acceptors (Lipinski definition) is 5. The number of ether oxygens (including phenoxy) is 1. The van der Waals surface area contributed by atoms with Gasteiger partial charge in [0.1, 0.15) is 6.04 Å². The number of rotatable bonds is 6. The van der Waals surface area contributed by atoms with Crippen LogP contribution in [0.4, 0.5) is 0 Å². The number of hydrogen-bond donors (Lipinski definition) is 3. The predicted molar refractivity (Wildman–Crippen MR) is 55.8 cm³/mol. The van der Waals surface area contributed by atoms with E-state index in [0.717, 1.165) is 0 Å². The lowest BCUT2D eigenvalue weighted by Gasteiger charge is -2.21. The first kappa shape index (κ1) is 13.9. The fraction of sp³-hybridized carbons (Fsp3) is 0.778. The maximum absolute atomic E-state index is 11.3. The molecule has 6 heteroatoms. The second-order valence-electron chi connectivity index (χ2n) is 3.66. The zero-order chi connectivity index (χ0) is 12.0. The molecule has 0 aromatic heterocycles. The van der Waals surface area contributed by atoms with E-state index in [4.69, 9.17) is 11.5 Å². The summed E-state index contributed by atoms with van der Waals surface area (Å²) in [7, 11) is 1.31. The smallest absolute Gasteiger partial charge is 0.323 e. The van der Waals surface area contributed by atoms with Gasteiger partial charge in [-0.1, -0.05) is 13.8 Å². The van der Waals surface area contributed by atoms with Gasteiger partial charge < -0.3 is 21.5 Å². The fourth-order valence-corrected chi connectivity index (χ4v) is 1.07. The first-order chi connectivity index (χ1) is 6.90. The van der Waals surface area contributed by atoms with E-state index in [0.29, 0.717) is 0 Å². The van der Waals surface area contributed by atoms with Gasteiger partial charge in [-0.25, -0.2) is 0 Å². The second-order valence-corrected chi connectivity index (χ2v) is 3.66. The highest BCUT2D eigenvalue weighted by molar-refractivity contribution is 5.80. The molecule has 0 fully saturated rings. The van der Waals surface area contributed by atoms with Gasteiger partial charge in [-0.3, -0.25) is 9.59 Å². The van der Waals surface area contributed by atoms with Crippen LogP contribution in [0.5, 0.6) is 0 Å². The summed E-state index contributed by atoms with van der Waals surface area (Å²) in [6, 6.07) is -1.27. The normalized spacial score (nSPS) is 14.7. The van der Waals surface area contributed by atoms with Crippen LogP contribution >= 0.6 is 0 Å². The summed E-state index contributed by atoms with van der Waals surface area (Å²) in [5.41, 5.74) is 10.4. The molecule has 6 nitrogen and oxygen atoms in total. The van der Waals surface area contributed by atoms with Gasteiger partial charge in [-0.2, -0.15) is 0 Å². The number of amides is 1. The number of primary amides is 1. The van der Waals surface area contributed by atoms with E-state index in [2.05, 4.69) is 10.1 Å². The van der Waals surface area contributed by atoms with Crippen LogP contribution in [0.15, 0.2) is 0 Å². The van der Waals surface area contributed by atoms with Crippen molar-refractivity contribution in [3.05, 3.63) is 0 Å². The van der Waals surface area contributed by atoms with Crippen LogP contribution in [0.1, 0.15) is 13.8 Å². The molecule has 15 heavy (non-hydrogen) atoms.